The molecule has 1 N–H and O–H groups in total. The Hall–Kier alpha value is -3.36. The number of aryl methyl sites for hydroxylation is 2. The molecule has 4 rings (SSSR count). The van der Waals surface area contributed by atoms with Gasteiger partial charge in [0.15, 0.2) is 0 Å². The molecule has 0 unspecified atom stereocenters. The molecule has 9 heteroatoms. The minimum absolute atomic E-state index is 0.0611. The highest BCUT2D eigenvalue weighted by Gasteiger charge is 2.34. The number of rotatable bonds is 11. The number of hydrogen-bond donors (Lipinski definition) is 1. The van der Waals surface area contributed by atoms with Gasteiger partial charge in [-0.2, -0.15) is 0 Å². The van der Waals surface area contributed by atoms with Crippen LogP contribution >= 0.6 is 11.6 Å². The second-order valence-electron chi connectivity index (χ2n) is 10.9. The van der Waals surface area contributed by atoms with Gasteiger partial charge in [0, 0.05) is 24.0 Å². The van der Waals surface area contributed by atoms with Crippen LogP contribution in [0.25, 0.3) is 0 Å². The van der Waals surface area contributed by atoms with Gasteiger partial charge in [-0.15, -0.1) is 0 Å². The van der Waals surface area contributed by atoms with Crippen molar-refractivity contribution in [2.45, 2.75) is 64.6 Å². The summed E-state index contributed by atoms with van der Waals surface area (Å²) in [5.74, 6) is -0.713. The second-order valence-corrected chi connectivity index (χ2v) is 13.2. The van der Waals surface area contributed by atoms with Crippen LogP contribution in [0, 0.1) is 13.8 Å². The maximum absolute atomic E-state index is 14.3. The molecule has 3 aromatic carbocycles. The van der Waals surface area contributed by atoms with Crippen LogP contribution in [-0.4, -0.2) is 50.0 Å². The van der Waals surface area contributed by atoms with Crippen molar-refractivity contribution >= 4 is 39.1 Å². The standard InChI is InChI=1S/C32H38ClN3O4S/c1-23-11-9-12-24(2)31(23)36(41(3,39)40)22-30(37)35(21-26-15-10-16-27(33)19-26)29(20-25-13-5-4-6-14-25)32(38)34-28-17-7-8-18-28/h4-6,9-16,19,28-29H,7-8,17-18,20-22H2,1-3H3,(H,34,38)/t29-/m1/s1. The van der Waals surface area contributed by atoms with E-state index in [1.54, 1.807) is 18.2 Å². The number of nitrogens with one attached hydrogen (secondary N) is 1. The van der Waals surface area contributed by atoms with E-state index in [1.165, 1.54) is 4.90 Å². The molecule has 0 aromatic heterocycles. The van der Waals surface area contributed by atoms with Gasteiger partial charge in [-0.3, -0.25) is 13.9 Å². The topological polar surface area (TPSA) is 86.8 Å². The van der Waals surface area contributed by atoms with Crippen LogP contribution in [0.15, 0.2) is 72.8 Å². The van der Waals surface area contributed by atoms with Gasteiger partial charge in [0.05, 0.1) is 11.9 Å². The first-order valence-corrected chi connectivity index (χ1v) is 16.2. The first-order chi connectivity index (χ1) is 19.5. The van der Waals surface area contributed by atoms with Crippen LogP contribution in [0.1, 0.15) is 47.9 Å². The monoisotopic (exact) mass is 595 g/mol. The lowest BCUT2D eigenvalue weighted by atomic mass is 10.0. The minimum atomic E-state index is -3.83. The van der Waals surface area contributed by atoms with Crippen molar-refractivity contribution in [1.82, 2.24) is 10.2 Å². The van der Waals surface area contributed by atoms with Crippen LogP contribution in [0.3, 0.4) is 0 Å². The number of halogens is 1. The Bertz CT molecular complexity index is 1450. The maximum Gasteiger partial charge on any atom is 0.244 e. The Labute approximate surface area is 248 Å². The van der Waals surface area contributed by atoms with Crippen LogP contribution in [0.2, 0.25) is 5.02 Å². The third kappa shape index (κ3) is 8.11. The Morgan fingerprint density at radius 1 is 0.927 bits per heavy atom. The maximum atomic E-state index is 14.3. The smallest absolute Gasteiger partial charge is 0.244 e. The zero-order valence-electron chi connectivity index (χ0n) is 23.8. The molecule has 1 fully saturated rings. The van der Waals surface area contributed by atoms with Crippen LogP contribution < -0.4 is 9.62 Å². The van der Waals surface area contributed by atoms with Crippen LogP contribution in [0.5, 0.6) is 0 Å². The van der Waals surface area contributed by atoms with E-state index in [1.807, 2.05) is 68.4 Å². The molecule has 0 heterocycles. The summed E-state index contributed by atoms with van der Waals surface area (Å²) in [7, 11) is -3.83. The molecule has 41 heavy (non-hydrogen) atoms. The van der Waals surface area contributed by atoms with E-state index < -0.39 is 28.5 Å². The van der Waals surface area contributed by atoms with Gasteiger partial charge >= 0.3 is 0 Å². The summed E-state index contributed by atoms with van der Waals surface area (Å²) in [6.07, 6.45) is 5.30. The quantitative estimate of drug-likeness (QED) is 0.321. The number of carbonyl (C=O) groups excluding carboxylic acids is 2. The molecule has 1 saturated carbocycles. The van der Waals surface area contributed by atoms with E-state index in [0.717, 1.165) is 58.5 Å². The molecular formula is C32H38ClN3O4S. The van der Waals surface area contributed by atoms with Crippen molar-refractivity contribution in [3.05, 3.63) is 100 Å². The summed E-state index contributed by atoms with van der Waals surface area (Å²) in [4.78, 5) is 29.7. The molecule has 0 spiro atoms. The Balaban J connectivity index is 1.75. The van der Waals surface area contributed by atoms with Gasteiger partial charge in [0.25, 0.3) is 0 Å². The lowest BCUT2D eigenvalue weighted by molar-refractivity contribution is -0.140. The summed E-state index contributed by atoms with van der Waals surface area (Å²) in [6.45, 7) is 3.30. The van der Waals surface area contributed by atoms with E-state index in [9.17, 15) is 18.0 Å². The second kappa shape index (κ2) is 13.5. The number of carbonyl (C=O) groups is 2. The largest absolute Gasteiger partial charge is 0.352 e. The fraction of sp³-hybridized carbons (Fsp3) is 0.375. The number of sulfonamides is 1. The molecule has 0 bridgehead atoms. The summed E-state index contributed by atoms with van der Waals surface area (Å²) >= 11 is 6.28. The van der Waals surface area contributed by atoms with Gasteiger partial charge in [0.2, 0.25) is 21.8 Å². The number of hydrogen-bond acceptors (Lipinski definition) is 4. The van der Waals surface area contributed by atoms with Crippen molar-refractivity contribution in [3.63, 3.8) is 0 Å². The van der Waals surface area contributed by atoms with E-state index in [2.05, 4.69) is 5.32 Å². The molecule has 1 aliphatic carbocycles. The summed E-state index contributed by atoms with van der Waals surface area (Å²) in [5.41, 5.74) is 3.60. The molecule has 1 atom stereocenters. The normalized spacial score (nSPS) is 14.4. The highest BCUT2D eigenvalue weighted by Crippen LogP contribution is 2.28. The average molecular weight is 596 g/mol. The highest BCUT2D eigenvalue weighted by atomic mass is 35.5. The van der Waals surface area contributed by atoms with Crippen molar-refractivity contribution in [2.24, 2.45) is 0 Å². The molecular weight excluding hydrogens is 558 g/mol. The molecule has 2 amide bonds. The Kier molecular flexibility index (Phi) is 10.1. The molecule has 0 aliphatic heterocycles. The number of benzene rings is 3. The average Bonchev–Trinajstić information content (AvgIpc) is 3.43. The first kappa shape index (κ1) is 30.6. The fourth-order valence-corrected chi connectivity index (χ4v) is 6.71. The fourth-order valence-electron chi connectivity index (χ4n) is 5.53. The van der Waals surface area contributed by atoms with Crippen molar-refractivity contribution in [3.8, 4) is 0 Å². The molecule has 0 saturated heterocycles. The van der Waals surface area contributed by atoms with Crippen molar-refractivity contribution in [1.29, 1.82) is 0 Å². The Morgan fingerprint density at radius 2 is 1.54 bits per heavy atom. The third-order valence-corrected chi connectivity index (χ3v) is 8.93. The predicted molar refractivity (Wildman–Crippen MR) is 164 cm³/mol. The first-order valence-electron chi connectivity index (χ1n) is 13.9. The van der Waals surface area contributed by atoms with Crippen LogP contribution in [-0.2, 0) is 32.6 Å². The lowest BCUT2D eigenvalue weighted by Crippen LogP contribution is -2.54. The minimum Gasteiger partial charge on any atom is -0.352 e. The van der Waals surface area contributed by atoms with Crippen molar-refractivity contribution < 1.29 is 18.0 Å². The Morgan fingerprint density at radius 3 is 2.15 bits per heavy atom. The molecule has 3 aromatic rings. The number of anilines is 1. The lowest BCUT2D eigenvalue weighted by Gasteiger charge is -2.34. The van der Waals surface area contributed by atoms with Gasteiger partial charge in [-0.05, 0) is 61.1 Å². The van der Waals surface area contributed by atoms with Crippen molar-refractivity contribution in [2.75, 3.05) is 17.1 Å². The number of amides is 2. The summed E-state index contributed by atoms with van der Waals surface area (Å²) in [5, 5.41) is 3.69. The molecule has 218 valence electrons. The van der Waals surface area contributed by atoms with Gasteiger partial charge in [-0.1, -0.05) is 85.1 Å². The van der Waals surface area contributed by atoms with E-state index >= 15 is 0 Å². The van der Waals surface area contributed by atoms with Crippen LogP contribution in [0.4, 0.5) is 5.69 Å². The van der Waals surface area contributed by atoms with E-state index in [-0.39, 0.29) is 24.9 Å². The van der Waals surface area contributed by atoms with E-state index in [4.69, 9.17) is 11.6 Å². The molecule has 7 nitrogen and oxygen atoms in total. The van der Waals surface area contributed by atoms with Gasteiger partial charge in [0.1, 0.15) is 12.6 Å². The highest BCUT2D eigenvalue weighted by molar-refractivity contribution is 7.92. The molecule has 1 aliphatic rings. The molecule has 0 radical (unpaired) electrons. The predicted octanol–water partition coefficient (Wildman–Crippen LogP) is 5.42. The SMILES string of the molecule is Cc1cccc(C)c1N(CC(=O)N(Cc1cccc(Cl)c1)[C@H](Cc1ccccc1)C(=O)NC1CCCC1)S(C)(=O)=O. The zero-order chi connectivity index (χ0) is 29.6. The summed E-state index contributed by atoms with van der Waals surface area (Å²) < 4.78 is 27.3. The number of para-hydroxylation sites is 1. The van der Waals surface area contributed by atoms with E-state index in [0.29, 0.717) is 10.7 Å². The number of nitrogens with zero attached hydrogens (tertiary/aromatic N) is 2. The van der Waals surface area contributed by atoms with Gasteiger partial charge < -0.3 is 10.2 Å². The van der Waals surface area contributed by atoms with Gasteiger partial charge in [-0.25, -0.2) is 8.42 Å². The third-order valence-electron chi connectivity index (χ3n) is 7.58. The zero-order valence-corrected chi connectivity index (χ0v) is 25.4. The summed E-state index contributed by atoms with van der Waals surface area (Å²) in [6, 6.07) is 21.4.